The summed E-state index contributed by atoms with van der Waals surface area (Å²) in [6.45, 7) is 0.812. The highest BCUT2D eigenvalue weighted by atomic mass is 19.4. The molecular formula is C18H18F3N3O4. The molecule has 2 rings (SSSR count). The first-order valence-corrected chi connectivity index (χ1v) is 8.04. The fourth-order valence-corrected chi connectivity index (χ4v) is 2.26. The van der Waals surface area contributed by atoms with Crippen LogP contribution in [0.2, 0.25) is 0 Å². The number of amides is 1. The van der Waals surface area contributed by atoms with Crippen LogP contribution in [0.25, 0.3) is 0 Å². The van der Waals surface area contributed by atoms with Crippen molar-refractivity contribution < 1.29 is 32.2 Å². The average Bonchev–Trinajstić information content (AvgIpc) is 2.65. The summed E-state index contributed by atoms with van der Waals surface area (Å²) in [6, 6.07) is 12.3. The Morgan fingerprint density at radius 2 is 1.75 bits per heavy atom. The summed E-state index contributed by atoms with van der Waals surface area (Å²) < 4.78 is 51.1. The van der Waals surface area contributed by atoms with Crippen LogP contribution in [0.5, 0.6) is 5.75 Å². The highest BCUT2D eigenvalue weighted by molar-refractivity contribution is 5.91. The quantitative estimate of drug-likeness (QED) is 0.551. The largest absolute Gasteiger partial charge is 0.484 e. The van der Waals surface area contributed by atoms with Crippen molar-refractivity contribution in [3.05, 3.63) is 54.2 Å². The zero-order chi connectivity index (χ0) is 20.8. The molecule has 2 aromatic rings. The smallest absolute Gasteiger partial charge is 0.441 e. The zero-order valence-electron chi connectivity index (χ0n) is 15.0. The van der Waals surface area contributed by atoms with Gasteiger partial charge in [-0.1, -0.05) is 24.3 Å². The van der Waals surface area contributed by atoms with E-state index in [2.05, 4.69) is 9.72 Å². The molecule has 2 N–H and O–H groups in total. The minimum Gasteiger partial charge on any atom is -0.484 e. The summed E-state index contributed by atoms with van der Waals surface area (Å²) in [5.74, 6) is -2.93. The number of hydrogen-bond acceptors (Lipinski definition) is 6. The molecule has 0 saturated heterocycles. The van der Waals surface area contributed by atoms with Gasteiger partial charge in [0, 0.05) is 5.69 Å². The summed E-state index contributed by atoms with van der Waals surface area (Å²) in [7, 11) is 0.779. The molecule has 0 aliphatic rings. The molecule has 150 valence electrons. The summed E-state index contributed by atoms with van der Waals surface area (Å²) in [4.78, 5) is 28.1. The van der Waals surface area contributed by atoms with Crippen molar-refractivity contribution in [1.82, 2.24) is 10.3 Å². The van der Waals surface area contributed by atoms with Gasteiger partial charge in [-0.05, 0) is 31.2 Å². The first-order valence-electron chi connectivity index (χ1n) is 8.04. The third kappa shape index (κ3) is 4.90. The van der Waals surface area contributed by atoms with Crippen LogP contribution in [0, 0.1) is 6.92 Å². The summed E-state index contributed by atoms with van der Waals surface area (Å²) >= 11 is 0. The maximum atomic E-state index is 13.9. The van der Waals surface area contributed by atoms with E-state index in [0.717, 1.165) is 7.11 Å². The summed E-state index contributed by atoms with van der Waals surface area (Å²) in [5.41, 5.74) is -3.13. The van der Waals surface area contributed by atoms with E-state index < -0.39 is 30.3 Å². The van der Waals surface area contributed by atoms with E-state index >= 15 is 0 Å². The number of halogens is 3. The number of methoxy groups -OCH3 is 1. The van der Waals surface area contributed by atoms with Crippen molar-refractivity contribution in [3.63, 3.8) is 0 Å². The van der Waals surface area contributed by atoms with Crippen LogP contribution < -0.4 is 15.4 Å². The SMILES string of the molecule is COC(=O)C(NC(=O)COc1ccccc1)(Nc1cccc(C)n1)C(F)(F)F. The highest BCUT2D eigenvalue weighted by Gasteiger charge is 2.63. The molecule has 0 aliphatic carbocycles. The molecule has 1 amide bonds. The van der Waals surface area contributed by atoms with E-state index in [1.165, 1.54) is 24.3 Å². The normalized spacial score (nSPS) is 13.2. The molecule has 0 aliphatic heterocycles. The molecule has 0 bridgehead atoms. The number of rotatable bonds is 7. The number of esters is 1. The Hall–Kier alpha value is -3.30. The molecule has 1 unspecified atom stereocenters. The monoisotopic (exact) mass is 397 g/mol. The number of carbonyl (C=O) groups excluding carboxylic acids is 2. The lowest BCUT2D eigenvalue weighted by Gasteiger charge is -2.34. The van der Waals surface area contributed by atoms with Gasteiger partial charge in [0.25, 0.3) is 5.91 Å². The van der Waals surface area contributed by atoms with Crippen molar-refractivity contribution in [2.24, 2.45) is 0 Å². The number of alkyl halides is 3. The molecule has 7 nitrogen and oxygen atoms in total. The first kappa shape index (κ1) is 21.0. The molecule has 1 atom stereocenters. The Morgan fingerprint density at radius 3 is 2.32 bits per heavy atom. The predicted octanol–water partition coefficient (Wildman–Crippen LogP) is 2.43. The van der Waals surface area contributed by atoms with Crippen molar-refractivity contribution in [2.75, 3.05) is 19.0 Å². The van der Waals surface area contributed by atoms with Gasteiger partial charge in [-0.25, -0.2) is 9.78 Å². The predicted molar refractivity (Wildman–Crippen MR) is 93.5 cm³/mol. The number of anilines is 1. The Kier molecular flexibility index (Phi) is 6.45. The molecule has 0 radical (unpaired) electrons. The second kappa shape index (κ2) is 8.59. The number of nitrogens with one attached hydrogen (secondary N) is 2. The van der Waals surface area contributed by atoms with Crippen LogP contribution in [0.15, 0.2) is 48.5 Å². The molecule has 1 heterocycles. The number of nitrogens with zero attached hydrogens (tertiary/aromatic N) is 1. The third-order valence-corrected chi connectivity index (χ3v) is 3.56. The van der Waals surface area contributed by atoms with Crippen LogP contribution in [0.1, 0.15) is 5.69 Å². The van der Waals surface area contributed by atoms with E-state index in [9.17, 15) is 22.8 Å². The van der Waals surface area contributed by atoms with E-state index in [4.69, 9.17) is 4.74 Å². The van der Waals surface area contributed by atoms with Gasteiger partial charge in [-0.15, -0.1) is 0 Å². The standard InChI is InChI=1S/C18H18F3N3O4/c1-12-7-6-10-14(22-12)23-17(16(26)27-2,18(19,20)21)24-15(25)11-28-13-8-4-3-5-9-13/h3-10H,11H2,1-2H3,(H,22,23)(H,24,25). The molecular weight excluding hydrogens is 379 g/mol. The number of carbonyl (C=O) groups is 2. The molecule has 10 heteroatoms. The maximum absolute atomic E-state index is 13.9. The van der Waals surface area contributed by atoms with Crippen LogP contribution in [-0.2, 0) is 14.3 Å². The lowest BCUT2D eigenvalue weighted by atomic mass is 10.1. The van der Waals surface area contributed by atoms with Gasteiger partial charge in [0.2, 0.25) is 0 Å². The fraction of sp³-hybridized carbons (Fsp3) is 0.278. The van der Waals surface area contributed by atoms with Gasteiger partial charge in [-0.2, -0.15) is 13.2 Å². The lowest BCUT2D eigenvalue weighted by molar-refractivity contribution is -0.206. The van der Waals surface area contributed by atoms with Crippen LogP contribution >= 0.6 is 0 Å². The van der Waals surface area contributed by atoms with Gasteiger partial charge < -0.3 is 20.1 Å². The topological polar surface area (TPSA) is 89.5 Å². The van der Waals surface area contributed by atoms with Crippen LogP contribution in [0.3, 0.4) is 0 Å². The molecule has 1 aromatic carbocycles. The Morgan fingerprint density at radius 1 is 1.07 bits per heavy atom. The second-order valence-corrected chi connectivity index (χ2v) is 5.68. The minimum atomic E-state index is -5.24. The maximum Gasteiger partial charge on any atom is 0.441 e. The third-order valence-electron chi connectivity index (χ3n) is 3.56. The molecule has 0 fully saturated rings. The van der Waals surface area contributed by atoms with Gasteiger partial charge in [-0.3, -0.25) is 4.79 Å². The minimum absolute atomic E-state index is 0.271. The number of aryl methyl sites for hydroxylation is 1. The van der Waals surface area contributed by atoms with Crippen LogP contribution in [0.4, 0.5) is 19.0 Å². The van der Waals surface area contributed by atoms with Crippen molar-refractivity contribution in [2.45, 2.75) is 18.8 Å². The Labute approximate surface area is 158 Å². The first-order chi connectivity index (χ1) is 13.2. The molecule has 0 spiro atoms. The Bertz CT molecular complexity index is 830. The second-order valence-electron chi connectivity index (χ2n) is 5.68. The summed E-state index contributed by atoms with van der Waals surface area (Å²) in [5, 5.41) is 3.60. The van der Waals surface area contributed by atoms with E-state index in [1.54, 1.807) is 36.5 Å². The molecule has 1 aromatic heterocycles. The average molecular weight is 397 g/mol. The summed E-state index contributed by atoms with van der Waals surface area (Å²) in [6.07, 6.45) is -5.24. The number of para-hydroxylation sites is 1. The molecule has 0 saturated carbocycles. The number of ether oxygens (including phenoxy) is 2. The van der Waals surface area contributed by atoms with Gasteiger partial charge in [0.15, 0.2) is 6.61 Å². The molecule has 28 heavy (non-hydrogen) atoms. The Balaban J connectivity index is 2.28. The van der Waals surface area contributed by atoms with Crippen molar-refractivity contribution in [1.29, 1.82) is 0 Å². The van der Waals surface area contributed by atoms with Crippen LogP contribution in [-0.4, -0.2) is 42.4 Å². The van der Waals surface area contributed by atoms with Gasteiger partial charge in [0.1, 0.15) is 11.6 Å². The highest BCUT2D eigenvalue weighted by Crippen LogP contribution is 2.32. The van der Waals surface area contributed by atoms with Gasteiger partial charge in [0.05, 0.1) is 7.11 Å². The zero-order valence-corrected chi connectivity index (χ0v) is 15.0. The number of pyridine rings is 1. The van der Waals surface area contributed by atoms with E-state index in [-0.39, 0.29) is 11.6 Å². The van der Waals surface area contributed by atoms with E-state index in [1.807, 2.05) is 5.32 Å². The number of benzene rings is 1. The number of aromatic nitrogens is 1. The lowest BCUT2D eigenvalue weighted by Crippen LogP contribution is -2.69. The van der Waals surface area contributed by atoms with Crippen molar-refractivity contribution >= 4 is 17.7 Å². The van der Waals surface area contributed by atoms with Crippen molar-refractivity contribution in [3.8, 4) is 5.75 Å². The van der Waals surface area contributed by atoms with Gasteiger partial charge >= 0.3 is 17.8 Å². The van der Waals surface area contributed by atoms with E-state index in [0.29, 0.717) is 5.69 Å². The fourth-order valence-electron chi connectivity index (χ4n) is 2.26. The number of hydrogen-bond donors (Lipinski definition) is 2.